The predicted molar refractivity (Wildman–Crippen MR) is 143 cm³/mol. The molecule has 10 heteroatoms. The van der Waals surface area contributed by atoms with Crippen molar-refractivity contribution in [2.45, 2.75) is 57.7 Å². The van der Waals surface area contributed by atoms with E-state index in [1.807, 2.05) is 37.3 Å². The van der Waals surface area contributed by atoms with Crippen LogP contribution in [0, 0.1) is 0 Å². The van der Waals surface area contributed by atoms with Crippen LogP contribution in [0.1, 0.15) is 44.6 Å². The van der Waals surface area contributed by atoms with E-state index in [1.54, 1.807) is 12.1 Å². The van der Waals surface area contributed by atoms with Crippen LogP contribution in [0.4, 0.5) is 5.69 Å². The molecule has 2 amide bonds. The van der Waals surface area contributed by atoms with Crippen molar-refractivity contribution < 1.29 is 27.5 Å². The zero-order chi connectivity index (χ0) is 27.0. The number of amides is 2. The molecule has 0 aromatic heterocycles. The standard InChI is InChI=1S/C27H37N3O6S/c1-5-23(27(32)28-21-13-9-10-14-21)29(18-20-11-7-6-8-12-20)26(31)19-30(37(4,33)34)22-15-16-24(35-2)25(17-22)36-3/h6-8,11-12,15-17,21,23H,5,9-10,13-14,18-19H2,1-4H3,(H,28,32)/t23-/m1/s1. The number of benzene rings is 2. The molecule has 0 saturated heterocycles. The molecule has 0 bridgehead atoms. The first-order valence-electron chi connectivity index (χ1n) is 12.5. The lowest BCUT2D eigenvalue weighted by Crippen LogP contribution is -2.53. The fourth-order valence-electron chi connectivity index (χ4n) is 4.66. The normalized spacial score (nSPS) is 14.6. The Bertz CT molecular complexity index is 1170. The Labute approximate surface area is 219 Å². The molecule has 2 aromatic rings. The second kappa shape index (κ2) is 12.8. The van der Waals surface area contributed by atoms with E-state index in [1.165, 1.54) is 25.2 Å². The van der Waals surface area contributed by atoms with E-state index in [0.717, 1.165) is 41.8 Å². The molecule has 1 atom stereocenters. The molecule has 0 spiro atoms. The van der Waals surface area contributed by atoms with Crippen molar-refractivity contribution in [2.24, 2.45) is 0 Å². The van der Waals surface area contributed by atoms with Crippen LogP contribution in [-0.2, 0) is 26.2 Å². The van der Waals surface area contributed by atoms with Gasteiger partial charge in [0.2, 0.25) is 21.8 Å². The number of nitrogens with one attached hydrogen (secondary N) is 1. The van der Waals surface area contributed by atoms with Crippen LogP contribution < -0.4 is 19.1 Å². The van der Waals surface area contributed by atoms with Gasteiger partial charge in [0.05, 0.1) is 26.2 Å². The summed E-state index contributed by atoms with van der Waals surface area (Å²) in [4.78, 5) is 28.6. The molecule has 1 aliphatic carbocycles. The lowest BCUT2D eigenvalue weighted by molar-refractivity contribution is -0.140. The highest BCUT2D eigenvalue weighted by atomic mass is 32.2. The van der Waals surface area contributed by atoms with Gasteiger partial charge in [-0.25, -0.2) is 8.42 Å². The van der Waals surface area contributed by atoms with Gasteiger partial charge >= 0.3 is 0 Å². The summed E-state index contributed by atoms with van der Waals surface area (Å²) in [6.07, 6.45) is 5.44. The Hall–Kier alpha value is -3.27. The van der Waals surface area contributed by atoms with E-state index < -0.39 is 28.5 Å². The van der Waals surface area contributed by atoms with Crippen LogP contribution >= 0.6 is 0 Å². The second-order valence-electron chi connectivity index (χ2n) is 9.23. The van der Waals surface area contributed by atoms with Crippen LogP contribution in [0.3, 0.4) is 0 Å². The van der Waals surface area contributed by atoms with Crippen molar-refractivity contribution >= 4 is 27.5 Å². The molecule has 0 heterocycles. The molecule has 0 unspecified atom stereocenters. The highest BCUT2D eigenvalue weighted by Gasteiger charge is 2.33. The summed E-state index contributed by atoms with van der Waals surface area (Å²) in [6, 6.07) is 13.4. The van der Waals surface area contributed by atoms with E-state index in [2.05, 4.69) is 5.32 Å². The van der Waals surface area contributed by atoms with Crippen molar-refractivity contribution in [1.82, 2.24) is 10.2 Å². The van der Waals surface area contributed by atoms with Gasteiger partial charge in [0.25, 0.3) is 0 Å². The number of rotatable bonds is 12. The van der Waals surface area contributed by atoms with E-state index in [9.17, 15) is 18.0 Å². The summed E-state index contributed by atoms with van der Waals surface area (Å²) < 4.78 is 37.2. The van der Waals surface area contributed by atoms with E-state index in [-0.39, 0.29) is 24.2 Å². The molecule has 202 valence electrons. The summed E-state index contributed by atoms with van der Waals surface area (Å²) in [5, 5.41) is 3.10. The summed E-state index contributed by atoms with van der Waals surface area (Å²) >= 11 is 0. The third-order valence-corrected chi connectivity index (χ3v) is 7.76. The minimum atomic E-state index is -3.85. The summed E-state index contributed by atoms with van der Waals surface area (Å²) in [5.41, 5.74) is 1.11. The third kappa shape index (κ3) is 7.38. The Morgan fingerprint density at radius 2 is 1.68 bits per heavy atom. The molecule has 3 rings (SSSR count). The zero-order valence-electron chi connectivity index (χ0n) is 22.0. The molecular weight excluding hydrogens is 494 g/mol. The number of methoxy groups -OCH3 is 2. The molecule has 1 saturated carbocycles. The van der Waals surface area contributed by atoms with Gasteiger partial charge in [-0.15, -0.1) is 0 Å². The van der Waals surface area contributed by atoms with Crippen molar-refractivity contribution in [1.29, 1.82) is 0 Å². The lowest BCUT2D eigenvalue weighted by atomic mass is 10.1. The first-order chi connectivity index (χ1) is 17.7. The second-order valence-corrected chi connectivity index (χ2v) is 11.1. The largest absolute Gasteiger partial charge is 0.493 e. The molecule has 1 aliphatic rings. The molecule has 9 nitrogen and oxygen atoms in total. The Morgan fingerprint density at radius 1 is 1.03 bits per heavy atom. The Morgan fingerprint density at radius 3 is 2.24 bits per heavy atom. The van der Waals surface area contributed by atoms with Crippen LogP contribution in [-0.4, -0.2) is 64.2 Å². The Balaban J connectivity index is 1.93. The lowest BCUT2D eigenvalue weighted by Gasteiger charge is -2.33. The minimum absolute atomic E-state index is 0.106. The number of ether oxygens (including phenoxy) is 2. The van der Waals surface area contributed by atoms with Gasteiger partial charge in [-0.05, 0) is 37.0 Å². The fourth-order valence-corrected chi connectivity index (χ4v) is 5.50. The van der Waals surface area contributed by atoms with Crippen LogP contribution in [0.5, 0.6) is 11.5 Å². The van der Waals surface area contributed by atoms with Crippen molar-refractivity contribution in [2.75, 3.05) is 31.3 Å². The topological polar surface area (TPSA) is 105 Å². The fraction of sp³-hybridized carbons (Fsp3) is 0.481. The predicted octanol–water partition coefficient (Wildman–Crippen LogP) is 3.34. The SMILES string of the molecule is CC[C@H](C(=O)NC1CCCC1)N(Cc1ccccc1)C(=O)CN(c1ccc(OC)c(OC)c1)S(C)(=O)=O. The van der Waals surface area contributed by atoms with E-state index in [4.69, 9.17) is 9.47 Å². The average Bonchev–Trinajstić information content (AvgIpc) is 3.39. The molecule has 1 N–H and O–H groups in total. The van der Waals surface area contributed by atoms with Crippen molar-refractivity contribution in [3.05, 3.63) is 54.1 Å². The number of hydrogen-bond acceptors (Lipinski definition) is 6. The quantitative estimate of drug-likeness (QED) is 0.451. The summed E-state index contributed by atoms with van der Waals surface area (Å²) in [6.45, 7) is 1.57. The van der Waals surface area contributed by atoms with Gasteiger partial charge in [-0.3, -0.25) is 13.9 Å². The van der Waals surface area contributed by atoms with Gasteiger partial charge < -0.3 is 19.7 Å². The smallest absolute Gasteiger partial charge is 0.244 e. The molecular formula is C27H37N3O6S. The van der Waals surface area contributed by atoms with Crippen LogP contribution in [0.25, 0.3) is 0 Å². The highest BCUT2D eigenvalue weighted by Crippen LogP contribution is 2.32. The molecule has 0 radical (unpaired) electrons. The maximum absolute atomic E-state index is 13.8. The van der Waals surface area contributed by atoms with Crippen LogP contribution in [0.2, 0.25) is 0 Å². The average molecular weight is 532 g/mol. The van der Waals surface area contributed by atoms with Gasteiger partial charge in [0, 0.05) is 18.7 Å². The maximum atomic E-state index is 13.8. The molecule has 37 heavy (non-hydrogen) atoms. The molecule has 0 aliphatic heterocycles. The Kier molecular flexibility index (Phi) is 9.79. The van der Waals surface area contributed by atoms with Crippen molar-refractivity contribution in [3.63, 3.8) is 0 Å². The number of hydrogen-bond donors (Lipinski definition) is 1. The summed E-state index contributed by atoms with van der Waals surface area (Å²) in [7, 11) is -0.910. The first kappa shape index (κ1) is 28.3. The summed E-state index contributed by atoms with van der Waals surface area (Å²) in [5.74, 6) is 0.0872. The number of carbonyl (C=O) groups excluding carboxylic acids is 2. The number of nitrogens with zero attached hydrogens (tertiary/aromatic N) is 2. The van der Waals surface area contributed by atoms with Gasteiger partial charge in [-0.2, -0.15) is 0 Å². The molecule has 1 fully saturated rings. The third-order valence-electron chi connectivity index (χ3n) is 6.62. The van der Waals surface area contributed by atoms with Gasteiger partial charge in [0.15, 0.2) is 11.5 Å². The highest BCUT2D eigenvalue weighted by molar-refractivity contribution is 7.92. The van der Waals surface area contributed by atoms with Gasteiger partial charge in [0.1, 0.15) is 12.6 Å². The van der Waals surface area contributed by atoms with E-state index >= 15 is 0 Å². The molecule has 2 aromatic carbocycles. The number of sulfonamides is 1. The number of anilines is 1. The van der Waals surface area contributed by atoms with E-state index in [0.29, 0.717) is 17.9 Å². The minimum Gasteiger partial charge on any atom is -0.493 e. The number of carbonyl (C=O) groups is 2. The monoisotopic (exact) mass is 531 g/mol. The zero-order valence-corrected chi connectivity index (χ0v) is 22.8. The maximum Gasteiger partial charge on any atom is 0.244 e. The van der Waals surface area contributed by atoms with Gasteiger partial charge in [-0.1, -0.05) is 50.1 Å². The van der Waals surface area contributed by atoms with Crippen molar-refractivity contribution in [3.8, 4) is 11.5 Å². The van der Waals surface area contributed by atoms with Crippen LogP contribution in [0.15, 0.2) is 48.5 Å². The first-order valence-corrected chi connectivity index (χ1v) is 14.4.